The lowest BCUT2D eigenvalue weighted by Gasteiger charge is -2.00. The summed E-state index contributed by atoms with van der Waals surface area (Å²) in [5.74, 6) is 1.84. The number of nitrogens with one attached hydrogen (secondary N) is 1. The second-order valence-corrected chi connectivity index (χ2v) is 9.97. The van der Waals surface area contributed by atoms with Crippen LogP contribution in [0.15, 0.2) is 61.2 Å². The quantitative estimate of drug-likeness (QED) is 0.297. The number of hydrogen-bond acceptors (Lipinski definition) is 5. The van der Waals surface area contributed by atoms with Crippen LogP contribution in [0.4, 0.5) is 5.82 Å². The number of pyridine rings is 2. The van der Waals surface area contributed by atoms with Crippen LogP contribution in [0.25, 0.3) is 16.6 Å². The van der Waals surface area contributed by atoms with E-state index in [1.807, 2.05) is 23.0 Å². The van der Waals surface area contributed by atoms with E-state index in [-0.39, 0.29) is 0 Å². The second kappa shape index (κ2) is 9.68. The maximum absolute atomic E-state index is 10.7. The fourth-order valence-electron chi connectivity index (χ4n) is 4.57. The van der Waals surface area contributed by atoms with Crippen molar-refractivity contribution in [1.82, 2.24) is 24.1 Å². The molecule has 0 radical (unpaired) electrons. The summed E-state index contributed by atoms with van der Waals surface area (Å²) in [6, 6.07) is 13.7. The Kier molecular flexibility index (Phi) is 6.07. The Balaban J connectivity index is 0.000000176. The Morgan fingerprint density at radius 2 is 1.92 bits per heavy atom. The maximum atomic E-state index is 10.7. The van der Waals surface area contributed by atoms with Crippen LogP contribution in [0.5, 0.6) is 0 Å². The molecule has 0 unspecified atom stereocenters. The smallest absolute Gasteiger partial charge is 0.212 e. The lowest BCUT2D eigenvalue weighted by atomic mass is 10.0. The van der Waals surface area contributed by atoms with Crippen molar-refractivity contribution in [2.45, 2.75) is 44.1 Å². The Morgan fingerprint density at radius 3 is 2.68 bits per heavy atom. The van der Waals surface area contributed by atoms with Crippen LogP contribution in [-0.4, -0.2) is 30.6 Å². The number of anilines is 1. The number of amides is 1. The van der Waals surface area contributed by atoms with Gasteiger partial charge in [0.15, 0.2) is 0 Å². The molecule has 2 aliphatic rings. The van der Waals surface area contributed by atoms with Crippen molar-refractivity contribution >= 4 is 40.4 Å². The first kappa shape index (κ1) is 23.2. The zero-order valence-electron chi connectivity index (χ0n) is 20.0. The summed E-state index contributed by atoms with van der Waals surface area (Å²) in [4.78, 5) is 19.5. The van der Waals surface area contributed by atoms with Gasteiger partial charge in [0, 0.05) is 29.8 Å². The van der Waals surface area contributed by atoms with Crippen LogP contribution in [0.3, 0.4) is 0 Å². The molecule has 2 aliphatic carbocycles. The Labute approximate surface area is 218 Å². The number of rotatable bonds is 6. The van der Waals surface area contributed by atoms with Crippen LogP contribution in [0, 0.1) is 11.3 Å². The average molecular weight is 510 g/mol. The second-order valence-electron chi connectivity index (χ2n) is 9.53. The summed E-state index contributed by atoms with van der Waals surface area (Å²) in [6.07, 6.45) is 13.4. The first-order valence-electron chi connectivity index (χ1n) is 12.3. The van der Waals surface area contributed by atoms with Gasteiger partial charge in [-0.2, -0.15) is 10.4 Å². The summed E-state index contributed by atoms with van der Waals surface area (Å²) in [5.41, 5.74) is 5.97. The number of nitrogens with zero attached hydrogens (tertiary/aromatic N) is 6. The van der Waals surface area contributed by atoms with Crippen LogP contribution in [-0.2, 0) is 11.3 Å². The molecule has 0 aliphatic heterocycles. The molecule has 9 heteroatoms. The molecule has 8 nitrogen and oxygen atoms in total. The summed E-state index contributed by atoms with van der Waals surface area (Å²) in [5, 5.41) is 17.5. The molecule has 0 spiro atoms. The molecule has 7 rings (SSSR count). The van der Waals surface area contributed by atoms with Gasteiger partial charge in [0.1, 0.15) is 11.5 Å². The molecule has 37 heavy (non-hydrogen) atoms. The first-order chi connectivity index (χ1) is 18.1. The van der Waals surface area contributed by atoms with Crippen molar-refractivity contribution in [3.63, 3.8) is 0 Å². The van der Waals surface area contributed by atoms with E-state index >= 15 is 0 Å². The fourth-order valence-corrected chi connectivity index (χ4v) is 4.76. The van der Waals surface area contributed by atoms with E-state index in [0.29, 0.717) is 24.7 Å². The minimum atomic E-state index is 0.517. The number of carbonyl (C=O) groups excluding carboxylic acids is 1. The molecule has 1 aromatic carbocycles. The van der Waals surface area contributed by atoms with Crippen molar-refractivity contribution < 1.29 is 4.79 Å². The topological polar surface area (TPSA) is 101 Å². The van der Waals surface area contributed by atoms with E-state index in [2.05, 4.69) is 55.4 Å². The summed E-state index contributed by atoms with van der Waals surface area (Å²) in [7, 11) is 0. The number of hydrogen-bond donors (Lipinski definition) is 1. The maximum Gasteiger partial charge on any atom is 0.212 e. The van der Waals surface area contributed by atoms with E-state index in [0.717, 1.165) is 44.3 Å². The number of carbonyl (C=O) groups is 1. The predicted octanol–water partition coefficient (Wildman–Crippen LogP) is 5.66. The number of imidazole rings is 1. The van der Waals surface area contributed by atoms with E-state index in [1.54, 1.807) is 18.3 Å². The van der Waals surface area contributed by atoms with E-state index in [4.69, 9.17) is 16.9 Å². The highest BCUT2D eigenvalue weighted by atomic mass is 35.5. The van der Waals surface area contributed by atoms with Gasteiger partial charge in [-0.3, -0.25) is 9.48 Å². The molecular weight excluding hydrogens is 486 g/mol. The molecule has 4 heterocycles. The minimum absolute atomic E-state index is 0.517. The molecule has 184 valence electrons. The Hall–Kier alpha value is -4.22. The molecule has 0 atom stereocenters. The van der Waals surface area contributed by atoms with Gasteiger partial charge < -0.3 is 9.72 Å². The first-order valence-corrected chi connectivity index (χ1v) is 12.7. The molecule has 2 fully saturated rings. The highest BCUT2D eigenvalue weighted by Gasteiger charge is 2.26. The third-order valence-corrected chi connectivity index (χ3v) is 6.96. The van der Waals surface area contributed by atoms with Crippen molar-refractivity contribution in [1.29, 1.82) is 5.26 Å². The molecule has 1 amide bonds. The number of aromatic nitrogens is 5. The highest BCUT2D eigenvalue weighted by molar-refractivity contribution is 6.30. The minimum Gasteiger partial charge on any atom is -0.313 e. The summed E-state index contributed by atoms with van der Waals surface area (Å²) in [6.45, 7) is 0.565. The standard InChI is InChI=1S/C18H16N6O.C10H8ClN/c25-11-20-18-15-10-24(22-16(15)5-6-19-18)9-14-8-23-7-13(12-1-2-12)3-4-17(23)21-14;11-9-4-3-8(6-12)10(5-9)7-1-2-7/h3-8,10-12H,1-2,9H2,(H,19,20,25);3-5,7H,1-2H2. The Bertz CT molecular complexity index is 1660. The van der Waals surface area contributed by atoms with E-state index in [1.165, 1.54) is 31.2 Å². The monoisotopic (exact) mass is 509 g/mol. The van der Waals surface area contributed by atoms with Gasteiger partial charge in [-0.1, -0.05) is 17.7 Å². The predicted molar refractivity (Wildman–Crippen MR) is 142 cm³/mol. The number of halogens is 1. The van der Waals surface area contributed by atoms with Crippen molar-refractivity contribution in [3.05, 3.63) is 88.6 Å². The SMILES string of the molecule is N#Cc1ccc(Cl)cc1C1CC1.O=CNc1nccc2nn(Cc3cn4cc(C5CC5)ccc4n3)cc12. The zero-order valence-corrected chi connectivity index (χ0v) is 20.8. The largest absolute Gasteiger partial charge is 0.313 e. The highest BCUT2D eigenvalue weighted by Crippen LogP contribution is 2.42. The van der Waals surface area contributed by atoms with Gasteiger partial charge in [-0.05, 0) is 79.0 Å². The van der Waals surface area contributed by atoms with Crippen LogP contribution >= 0.6 is 11.6 Å². The lowest BCUT2D eigenvalue weighted by Crippen LogP contribution is -2.00. The molecular formula is C28H24ClN7O. The number of fused-ring (bicyclic) bond motifs is 2. The van der Waals surface area contributed by atoms with E-state index < -0.39 is 0 Å². The normalized spacial score (nSPS) is 14.7. The Morgan fingerprint density at radius 1 is 1.08 bits per heavy atom. The fraction of sp³-hybridized carbons (Fsp3) is 0.250. The van der Waals surface area contributed by atoms with Crippen LogP contribution in [0.1, 0.15) is 59.9 Å². The van der Waals surface area contributed by atoms with Crippen molar-refractivity contribution in [3.8, 4) is 6.07 Å². The van der Waals surface area contributed by atoms with Gasteiger partial charge in [-0.25, -0.2) is 9.97 Å². The third-order valence-electron chi connectivity index (χ3n) is 6.72. The van der Waals surface area contributed by atoms with Crippen LogP contribution in [0.2, 0.25) is 5.02 Å². The molecule has 2 saturated carbocycles. The third kappa shape index (κ3) is 5.04. The van der Waals surface area contributed by atoms with Gasteiger partial charge in [0.05, 0.1) is 34.8 Å². The van der Waals surface area contributed by atoms with E-state index in [9.17, 15) is 4.79 Å². The van der Waals surface area contributed by atoms with Gasteiger partial charge >= 0.3 is 0 Å². The summed E-state index contributed by atoms with van der Waals surface area (Å²) < 4.78 is 3.92. The van der Waals surface area contributed by atoms with Gasteiger partial charge in [0.25, 0.3) is 0 Å². The van der Waals surface area contributed by atoms with Crippen molar-refractivity contribution in [2.75, 3.05) is 5.32 Å². The molecule has 4 aromatic heterocycles. The summed E-state index contributed by atoms with van der Waals surface area (Å²) >= 11 is 5.84. The van der Waals surface area contributed by atoms with Crippen molar-refractivity contribution in [2.24, 2.45) is 0 Å². The number of benzene rings is 1. The molecule has 0 bridgehead atoms. The number of nitriles is 1. The average Bonchev–Trinajstić information content (AvgIpc) is 3.83. The lowest BCUT2D eigenvalue weighted by molar-refractivity contribution is -0.105. The van der Waals surface area contributed by atoms with Crippen LogP contribution < -0.4 is 5.32 Å². The molecule has 5 aromatic rings. The molecule has 1 N–H and O–H groups in total. The zero-order chi connectivity index (χ0) is 25.4. The van der Waals surface area contributed by atoms with Gasteiger partial charge in [0.2, 0.25) is 6.41 Å². The molecule has 0 saturated heterocycles. The van der Waals surface area contributed by atoms with Gasteiger partial charge in [-0.15, -0.1) is 0 Å².